The standard InChI is InChI=1S/C24H29N3O4/c1-4-6-16-30-21-14-10-19(11-15-21)23(28)27-22(18-8-12-20(29-3)13-9-18)25-24(26-27)31-17-7-5-2/h8-15H,4-7,16-17H2,1-3H3. The van der Waals surface area contributed by atoms with Crippen molar-refractivity contribution in [2.24, 2.45) is 0 Å². The van der Waals surface area contributed by atoms with Gasteiger partial charge in [-0.05, 0) is 61.4 Å². The monoisotopic (exact) mass is 423 g/mol. The van der Waals surface area contributed by atoms with Gasteiger partial charge in [-0.15, -0.1) is 5.10 Å². The molecular weight excluding hydrogens is 394 g/mol. The zero-order valence-electron chi connectivity index (χ0n) is 18.3. The predicted octanol–water partition coefficient (Wildman–Crippen LogP) is 5.00. The molecule has 3 aromatic rings. The Morgan fingerprint density at radius 2 is 1.48 bits per heavy atom. The molecule has 1 aromatic heterocycles. The molecular formula is C24H29N3O4. The molecule has 31 heavy (non-hydrogen) atoms. The molecule has 0 unspecified atom stereocenters. The molecule has 7 nitrogen and oxygen atoms in total. The molecule has 164 valence electrons. The first-order chi connectivity index (χ1) is 15.2. The smallest absolute Gasteiger partial charge is 0.336 e. The number of ether oxygens (including phenoxy) is 3. The van der Waals surface area contributed by atoms with Gasteiger partial charge in [0.15, 0.2) is 5.82 Å². The number of hydrogen-bond acceptors (Lipinski definition) is 6. The molecule has 0 saturated heterocycles. The maximum Gasteiger partial charge on any atom is 0.336 e. The summed E-state index contributed by atoms with van der Waals surface area (Å²) in [5.41, 5.74) is 1.23. The SMILES string of the molecule is CCCCOc1ccc(C(=O)n2nc(OCCCC)nc2-c2ccc(OC)cc2)cc1. The summed E-state index contributed by atoms with van der Waals surface area (Å²) >= 11 is 0. The lowest BCUT2D eigenvalue weighted by molar-refractivity contribution is 0.0944. The highest BCUT2D eigenvalue weighted by molar-refractivity contribution is 5.97. The molecule has 0 aliphatic carbocycles. The Morgan fingerprint density at radius 3 is 2.10 bits per heavy atom. The first-order valence-corrected chi connectivity index (χ1v) is 10.7. The minimum Gasteiger partial charge on any atom is -0.497 e. The van der Waals surface area contributed by atoms with Gasteiger partial charge >= 0.3 is 6.01 Å². The number of carbonyl (C=O) groups excluding carboxylic acids is 1. The Hall–Kier alpha value is -3.35. The van der Waals surface area contributed by atoms with E-state index in [0.29, 0.717) is 24.6 Å². The van der Waals surface area contributed by atoms with Gasteiger partial charge in [-0.3, -0.25) is 4.79 Å². The number of aromatic nitrogens is 3. The summed E-state index contributed by atoms with van der Waals surface area (Å²) in [6.45, 7) is 5.36. The van der Waals surface area contributed by atoms with Crippen LogP contribution < -0.4 is 14.2 Å². The van der Waals surface area contributed by atoms with Crippen molar-refractivity contribution >= 4 is 5.91 Å². The summed E-state index contributed by atoms with van der Waals surface area (Å²) in [4.78, 5) is 17.7. The summed E-state index contributed by atoms with van der Waals surface area (Å²) in [7, 11) is 1.61. The predicted molar refractivity (Wildman–Crippen MR) is 119 cm³/mol. The van der Waals surface area contributed by atoms with E-state index in [2.05, 4.69) is 23.9 Å². The van der Waals surface area contributed by atoms with Crippen molar-refractivity contribution in [1.82, 2.24) is 14.8 Å². The number of carbonyl (C=O) groups is 1. The Bertz CT molecular complexity index is 965. The highest BCUT2D eigenvalue weighted by atomic mass is 16.5. The molecule has 1 heterocycles. The van der Waals surface area contributed by atoms with Crippen molar-refractivity contribution in [3.8, 4) is 28.9 Å². The molecule has 0 aliphatic rings. The molecule has 0 spiro atoms. The van der Waals surface area contributed by atoms with Gasteiger partial charge in [0.2, 0.25) is 0 Å². The maximum atomic E-state index is 13.2. The molecule has 0 aliphatic heterocycles. The summed E-state index contributed by atoms with van der Waals surface area (Å²) < 4.78 is 17.8. The number of nitrogens with zero attached hydrogens (tertiary/aromatic N) is 3. The summed E-state index contributed by atoms with van der Waals surface area (Å²) in [6.07, 6.45) is 3.95. The van der Waals surface area contributed by atoms with Crippen LogP contribution in [0.15, 0.2) is 48.5 Å². The number of methoxy groups -OCH3 is 1. The van der Waals surface area contributed by atoms with E-state index >= 15 is 0 Å². The first kappa shape index (κ1) is 22.3. The van der Waals surface area contributed by atoms with Gasteiger partial charge in [0.25, 0.3) is 5.91 Å². The number of benzene rings is 2. The van der Waals surface area contributed by atoms with Crippen LogP contribution >= 0.6 is 0 Å². The van der Waals surface area contributed by atoms with E-state index in [-0.39, 0.29) is 11.9 Å². The van der Waals surface area contributed by atoms with Crippen LogP contribution in [-0.4, -0.2) is 41.0 Å². The van der Waals surface area contributed by atoms with Gasteiger partial charge in [-0.1, -0.05) is 26.7 Å². The molecule has 2 aromatic carbocycles. The summed E-state index contributed by atoms with van der Waals surface area (Å²) in [6, 6.07) is 14.6. The Kier molecular flexibility index (Phi) is 8.04. The maximum absolute atomic E-state index is 13.2. The molecule has 0 N–H and O–H groups in total. The molecule has 0 amide bonds. The molecule has 0 atom stereocenters. The first-order valence-electron chi connectivity index (χ1n) is 10.7. The lowest BCUT2D eigenvalue weighted by atomic mass is 10.2. The largest absolute Gasteiger partial charge is 0.497 e. The van der Waals surface area contributed by atoms with Crippen molar-refractivity contribution in [1.29, 1.82) is 0 Å². The molecule has 3 rings (SSSR count). The molecule has 0 bridgehead atoms. The van der Waals surface area contributed by atoms with Gasteiger partial charge in [0.1, 0.15) is 11.5 Å². The van der Waals surface area contributed by atoms with Crippen LogP contribution in [0, 0.1) is 0 Å². The van der Waals surface area contributed by atoms with Crippen LogP contribution in [-0.2, 0) is 0 Å². The molecule has 0 saturated carbocycles. The van der Waals surface area contributed by atoms with Crippen LogP contribution in [0.1, 0.15) is 49.9 Å². The van der Waals surface area contributed by atoms with E-state index in [4.69, 9.17) is 14.2 Å². The van der Waals surface area contributed by atoms with Crippen LogP contribution in [0.2, 0.25) is 0 Å². The van der Waals surface area contributed by atoms with E-state index in [1.165, 1.54) is 4.68 Å². The lowest BCUT2D eigenvalue weighted by Crippen LogP contribution is -2.15. The van der Waals surface area contributed by atoms with Gasteiger partial charge in [-0.25, -0.2) is 0 Å². The van der Waals surface area contributed by atoms with Crippen molar-refractivity contribution in [3.05, 3.63) is 54.1 Å². The molecule has 7 heteroatoms. The van der Waals surface area contributed by atoms with Crippen LogP contribution in [0.25, 0.3) is 11.4 Å². The fourth-order valence-electron chi connectivity index (χ4n) is 2.88. The quantitative estimate of drug-likeness (QED) is 0.404. The van der Waals surface area contributed by atoms with Crippen molar-refractivity contribution in [2.75, 3.05) is 20.3 Å². The third kappa shape index (κ3) is 5.84. The third-order valence-corrected chi connectivity index (χ3v) is 4.73. The second kappa shape index (κ2) is 11.2. The zero-order chi connectivity index (χ0) is 22.1. The molecule has 0 fully saturated rings. The second-order valence-corrected chi connectivity index (χ2v) is 7.09. The number of rotatable bonds is 11. The second-order valence-electron chi connectivity index (χ2n) is 7.09. The van der Waals surface area contributed by atoms with Crippen molar-refractivity contribution in [3.63, 3.8) is 0 Å². The van der Waals surface area contributed by atoms with E-state index in [0.717, 1.165) is 42.7 Å². The van der Waals surface area contributed by atoms with Crippen LogP contribution in [0.4, 0.5) is 0 Å². The Balaban J connectivity index is 1.87. The van der Waals surface area contributed by atoms with Crippen LogP contribution in [0.3, 0.4) is 0 Å². The number of hydrogen-bond donors (Lipinski definition) is 0. The Labute approximate surface area is 183 Å². The fourth-order valence-corrected chi connectivity index (χ4v) is 2.88. The van der Waals surface area contributed by atoms with Crippen molar-refractivity contribution < 1.29 is 19.0 Å². The summed E-state index contributed by atoms with van der Waals surface area (Å²) in [5, 5.41) is 4.33. The van der Waals surface area contributed by atoms with E-state index in [1.807, 2.05) is 24.3 Å². The minimum atomic E-state index is -0.288. The normalized spacial score (nSPS) is 10.7. The van der Waals surface area contributed by atoms with Gasteiger partial charge in [-0.2, -0.15) is 9.67 Å². The zero-order valence-corrected chi connectivity index (χ0v) is 18.3. The fraction of sp³-hybridized carbons (Fsp3) is 0.375. The van der Waals surface area contributed by atoms with Gasteiger partial charge in [0.05, 0.1) is 20.3 Å². The van der Waals surface area contributed by atoms with E-state index in [1.54, 1.807) is 31.4 Å². The van der Waals surface area contributed by atoms with E-state index in [9.17, 15) is 4.79 Å². The lowest BCUT2D eigenvalue weighted by Gasteiger charge is -2.08. The highest BCUT2D eigenvalue weighted by Gasteiger charge is 2.20. The highest BCUT2D eigenvalue weighted by Crippen LogP contribution is 2.24. The third-order valence-electron chi connectivity index (χ3n) is 4.73. The average Bonchev–Trinajstić information content (AvgIpc) is 3.23. The topological polar surface area (TPSA) is 75.5 Å². The van der Waals surface area contributed by atoms with E-state index < -0.39 is 0 Å². The van der Waals surface area contributed by atoms with Gasteiger partial charge in [0, 0.05) is 11.1 Å². The Morgan fingerprint density at radius 1 is 0.871 bits per heavy atom. The number of unbranched alkanes of at least 4 members (excludes halogenated alkanes) is 2. The minimum absolute atomic E-state index is 0.187. The van der Waals surface area contributed by atoms with Crippen LogP contribution in [0.5, 0.6) is 17.5 Å². The molecule has 0 radical (unpaired) electrons. The summed E-state index contributed by atoms with van der Waals surface area (Å²) in [5.74, 6) is 1.59. The average molecular weight is 424 g/mol. The van der Waals surface area contributed by atoms with Crippen molar-refractivity contribution in [2.45, 2.75) is 39.5 Å². The van der Waals surface area contributed by atoms with Gasteiger partial charge < -0.3 is 14.2 Å².